The molecule has 0 aliphatic heterocycles. The summed E-state index contributed by atoms with van der Waals surface area (Å²) in [5.41, 5.74) is 0.936. The lowest BCUT2D eigenvalue weighted by atomic mass is 10.1. The van der Waals surface area contributed by atoms with Gasteiger partial charge in [0.05, 0.1) is 5.56 Å². The second-order valence-electron chi connectivity index (χ2n) is 4.83. The number of rotatable bonds is 3. The molecule has 1 aromatic carbocycles. The number of anilines is 1. The van der Waals surface area contributed by atoms with Crippen LogP contribution in [0.1, 0.15) is 48.9 Å². The number of benzene rings is 1. The van der Waals surface area contributed by atoms with E-state index in [9.17, 15) is 9.90 Å². The quantitative estimate of drug-likeness (QED) is 0.808. The van der Waals surface area contributed by atoms with Gasteiger partial charge in [0, 0.05) is 16.8 Å². The Balaban J connectivity index is 2.14. The van der Waals surface area contributed by atoms with Gasteiger partial charge in [-0.1, -0.05) is 37.3 Å². The van der Waals surface area contributed by atoms with Gasteiger partial charge in [-0.05, 0) is 31.0 Å². The third-order valence-corrected chi connectivity index (χ3v) is 3.66. The normalized spacial score (nSPS) is 17.2. The topological polar surface area (TPSA) is 49.3 Å². The van der Waals surface area contributed by atoms with Crippen molar-refractivity contribution in [2.45, 2.75) is 44.6 Å². The monoisotopic (exact) mass is 267 g/mol. The first-order valence-corrected chi connectivity index (χ1v) is 6.84. The molecule has 2 N–H and O–H groups in total. The highest BCUT2D eigenvalue weighted by Gasteiger charge is 2.16. The molecule has 3 nitrogen and oxygen atoms in total. The second-order valence-corrected chi connectivity index (χ2v) is 5.26. The Morgan fingerprint density at radius 1 is 1.22 bits per heavy atom. The molecule has 0 bridgehead atoms. The third kappa shape index (κ3) is 3.39. The molecular weight excluding hydrogens is 250 g/mol. The van der Waals surface area contributed by atoms with Crippen LogP contribution in [0.25, 0.3) is 0 Å². The summed E-state index contributed by atoms with van der Waals surface area (Å²) in [5.74, 6) is -0.936. The predicted octanol–water partition coefficient (Wildman–Crippen LogP) is 4.17. The Morgan fingerprint density at radius 3 is 2.50 bits per heavy atom. The Hall–Kier alpha value is -1.22. The van der Waals surface area contributed by atoms with Gasteiger partial charge in [0.1, 0.15) is 0 Å². The predicted molar refractivity (Wildman–Crippen MR) is 73.5 cm³/mol. The molecule has 2 rings (SSSR count). The fraction of sp³-hybridized carbons (Fsp3) is 0.500. The maximum Gasteiger partial charge on any atom is 0.337 e. The zero-order chi connectivity index (χ0) is 13.0. The van der Waals surface area contributed by atoms with Crippen LogP contribution in [0.15, 0.2) is 18.2 Å². The maximum atomic E-state index is 11.2. The van der Waals surface area contributed by atoms with Crippen LogP contribution in [0.3, 0.4) is 0 Å². The Bertz CT molecular complexity index is 426. The number of carboxylic acid groups (broad SMARTS) is 1. The van der Waals surface area contributed by atoms with Gasteiger partial charge in [-0.3, -0.25) is 0 Å². The average molecular weight is 268 g/mol. The van der Waals surface area contributed by atoms with Crippen LogP contribution in [0.2, 0.25) is 5.02 Å². The van der Waals surface area contributed by atoms with E-state index in [1.165, 1.54) is 31.7 Å². The molecule has 1 fully saturated rings. The van der Waals surface area contributed by atoms with E-state index in [-0.39, 0.29) is 5.56 Å². The molecular formula is C14H18ClNO2. The summed E-state index contributed by atoms with van der Waals surface area (Å²) >= 11 is 5.84. The van der Waals surface area contributed by atoms with Gasteiger partial charge in [0.2, 0.25) is 0 Å². The van der Waals surface area contributed by atoms with Crippen LogP contribution in [0, 0.1) is 0 Å². The Kier molecular flexibility index (Phi) is 4.48. The molecule has 0 heterocycles. The highest BCUT2D eigenvalue weighted by molar-refractivity contribution is 6.31. The van der Waals surface area contributed by atoms with Gasteiger partial charge in [-0.25, -0.2) is 4.79 Å². The SMILES string of the molecule is O=C(O)c1cc(Cl)ccc1NC1CCCCCC1. The number of hydrogen-bond donors (Lipinski definition) is 2. The van der Waals surface area contributed by atoms with E-state index in [0.717, 1.165) is 12.8 Å². The molecule has 0 saturated heterocycles. The molecule has 0 amide bonds. The molecule has 1 aliphatic carbocycles. The van der Waals surface area contributed by atoms with Gasteiger partial charge >= 0.3 is 5.97 Å². The van der Waals surface area contributed by atoms with Crippen LogP contribution in [0.4, 0.5) is 5.69 Å². The van der Waals surface area contributed by atoms with E-state index in [0.29, 0.717) is 16.8 Å². The van der Waals surface area contributed by atoms with Gasteiger partial charge in [-0.15, -0.1) is 0 Å². The van der Waals surface area contributed by atoms with E-state index in [1.54, 1.807) is 12.1 Å². The maximum absolute atomic E-state index is 11.2. The van der Waals surface area contributed by atoms with Crippen LogP contribution in [-0.2, 0) is 0 Å². The minimum Gasteiger partial charge on any atom is -0.478 e. The standard InChI is InChI=1S/C14H18ClNO2/c15-10-7-8-13(12(9-10)14(17)18)16-11-5-3-1-2-4-6-11/h7-9,11,16H,1-6H2,(H,17,18). The van der Waals surface area contributed by atoms with Crippen LogP contribution in [-0.4, -0.2) is 17.1 Å². The van der Waals surface area contributed by atoms with Crippen LogP contribution >= 0.6 is 11.6 Å². The van der Waals surface area contributed by atoms with E-state index in [4.69, 9.17) is 11.6 Å². The van der Waals surface area contributed by atoms with Crippen molar-refractivity contribution in [1.29, 1.82) is 0 Å². The zero-order valence-electron chi connectivity index (χ0n) is 10.3. The number of carboxylic acids is 1. The molecule has 1 aliphatic rings. The summed E-state index contributed by atoms with van der Waals surface area (Å²) in [4.78, 5) is 11.2. The molecule has 0 spiro atoms. The number of carbonyl (C=O) groups is 1. The fourth-order valence-electron chi connectivity index (χ4n) is 2.46. The summed E-state index contributed by atoms with van der Waals surface area (Å²) in [6, 6.07) is 5.37. The van der Waals surface area contributed by atoms with E-state index < -0.39 is 5.97 Å². The van der Waals surface area contributed by atoms with E-state index in [2.05, 4.69) is 5.32 Å². The lowest BCUT2D eigenvalue weighted by molar-refractivity contribution is 0.0698. The van der Waals surface area contributed by atoms with Crippen molar-refractivity contribution in [1.82, 2.24) is 0 Å². The largest absolute Gasteiger partial charge is 0.478 e. The van der Waals surface area contributed by atoms with Crippen LogP contribution in [0.5, 0.6) is 0 Å². The molecule has 1 saturated carbocycles. The fourth-order valence-corrected chi connectivity index (χ4v) is 2.63. The summed E-state index contributed by atoms with van der Waals surface area (Å²) in [6.07, 6.45) is 7.22. The molecule has 98 valence electrons. The highest BCUT2D eigenvalue weighted by Crippen LogP contribution is 2.25. The van der Waals surface area contributed by atoms with Crippen molar-refractivity contribution in [2.24, 2.45) is 0 Å². The summed E-state index contributed by atoms with van der Waals surface area (Å²) < 4.78 is 0. The number of aromatic carboxylic acids is 1. The number of nitrogens with one attached hydrogen (secondary N) is 1. The van der Waals surface area contributed by atoms with E-state index >= 15 is 0 Å². The summed E-state index contributed by atoms with van der Waals surface area (Å²) in [5, 5.41) is 13.0. The zero-order valence-corrected chi connectivity index (χ0v) is 11.0. The van der Waals surface area contributed by atoms with Crippen molar-refractivity contribution in [3.63, 3.8) is 0 Å². The van der Waals surface area contributed by atoms with Crippen molar-refractivity contribution in [3.8, 4) is 0 Å². The Labute approximate surface area is 112 Å². The molecule has 0 aromatic heterocycles. The molecule has 0 radical (unpaired) electrons. The van der Waals surface area contributed by atoms with Gasteiger partial charge in [0.25, 0.3) is 0 Å². The van der Waals surface area contributed by atoms with E-state index in [1.807, 2.05) is 0 Å². The minimum atomic E-state index is -0.936. The van der Waals surface area contributed by atoms with Gasteiger partial charge in [-0.2, -0.15) is 0 Å². The van der Waals surface area contributed by atoms with Crippen molar-refractivity contribution >= 4 is 23.3 Å². The number of halogens is 1. The molecule has 18 heavy (non-hydrogen) atoms. The van der Waals surface area contributed by atoms with Crippen molar-refractivity contribution in [2.75, 3.05) is 5.32 Å². The first-order valence-electron chi connectivity index (χ1n) is 6.46. The van der Waals surface area contributed by atoms with Gasteiger partial charge < -0.3 is 10.4 Å². The Morgan fingerprint density at radius 2 is 1.89 bits per heavy atom. The number of hydrogen-bond acceptors (Lipinski definition) is 2. The lowest BCUT2D eigenvalue weighted by Gasteiger charge is -2.19. The first-order chi connectivity index (χ1) is 8.66. The highest BCUT2D eigenvalue weighted by atomic mass is 35.5. The minimum absolute atomic E-state index is 0.256. The van der Waals surface area contributed by atoms with Gasteiger partial charge in [0.15, 0.2) is 0 Å². The lowest BCUT2D eigenvalue weighted by Crippen LogP contribution is -2.20. The second kappa shape index (κ2) is 6.10. The molecule has 0 unspecified atom stereocenters. The molecule has 0 atom stereocenters. The van der Waals surface area contributed by atoms with Crippen LogP contribution < -0.4 is 5.32 Å². The third-order valence-electron chi connectivity index (χ3n) is 3.43. The summed E-state index contributed by atoms with van der Waals surface area (Å²) in [6.45, 7) is 0. The van der Waals surface area contributed by atoms with Crippen molar-refractivity contribution < 1.29 is 9.90 Å². The smallest absolute Gasteiger partial charge is 0.337 e. The first kappa shape index (κ1) is 13.2. The average Bonchev–Trinajstić information content (AvgIpc) is 2.60. The molecule has 4 heteroatoms. The molecule has 1 aromatic rings. The van der Waals surface area contributed by atoms with Crippen molar-refractivity contribution in [3.05, 3.63) is 28.8 Å². The summed E-state index contributed by atoms with van der Waals surface area (Å²) in [7, 11) is 0.